The monoisotopic (exact) mass is 443 g/mol. The number of rotatable bonds is 6. The van der Waals surface area contributed by atoms with E-state index >= 15 is 0 Å². The van der Waals surface area contributed by atoms with Gasteiger partial charge in [0.15, 0.2) is 0 Å². The molecule has 29 heavy (non-hydrogen) atoms. The minimum absolute atomic E-state index is 0.0330. The summed E-state index contributed by atoms with van der Waals surface area (Å²) in [4.78, 5) is 26.0. The molecule has 0 unspecified atom stereocenters. The van der Waals surface area contributed by atoms with Gasteiger partial charge in [-0.2, -0.15) is 0 Å². The molecule has 0 radical (unpaired) electrons. The van der Waals surface area contributed by atoms with Crippen LogP contribution in [-0.4, -0.2) is 41.2 Å². The SMILES string of the molecule is CC(C)[C@H]1CN[C@H](C(=O)O[Si](C)(C)C(C)(C)C)[C@H]1CC(=O)O[Si](C)(C)C(C)(C)C. The molecule has 5 nitrogen and oxygen atoms in total. The summed E-state index contributed by atoms with van der Waals surface area (Å²) in [6.45, 7) is 26.1. The Hall–Kier alpha value is -0.666. The maximum Gasteiger partial charge on any atom is 0.310 e. The van der Waals surface area contributed by atoms with Crippen LogP contribution in [0.5, 0.6) is 0 Å². The lowest BCUT2D eigenvalue weighted by Gasteiger charge is -2.37. The first kappa shape index (κ1) is 26.4. The van der Waals surface area contributed by atoms with Gasteiger partial charge in [0.2, 0.25) is 0 Å². The summed E-state index contributed by atoms with van der Waals surface area (Å²) in [5.41, 5.74) is 0. The van der Waals surface area contributed by atoms with Crippen molar-refractivity contribution < 1.29 is 18.4 Å². The van der Waals surface area contributed by atoms with Gasteiger partial charge in [0.05, 0.1) is 0 Å². The first-order valence-electron chi connectivity index (χ1n) is 11.0. The number of carbonyl (C=O) groups excluding carboxylic acids is 2. The minimum atomic E-state index is -2.22. The molecular weight excluding hydrogens is 398 g/mol. The molecule has 3 atom stereocenters. The van der Waals surface area contributed by atoms with Gasteiger partial charge in [-0.1, -0.05) is 55.4 Å². The number of hydrogen-bond acceptors (Lipinski definition) is 5. The standard InChI is InChI=1S/C22H45NO4Si2/c1-15(2)17-14-23-19(20(25)27-29(11,12)22(6,7)8)16(17)13-18(24)26-28(9,10)21(3,4)5/h15-17,19,23H,13-14H2,1-12H3/t16-,17+,19-/m0/s1. The lowest BCUT2D eigenvalue weighted by molar-refractivity contribution is -0.140. The first-order chi connectivity index (χ1) is 12.8. The Balaban J connectivity index is 3.00. The van der Waals surface area contributed by atoms with Crippen molar-refractivity contribution in [2.24, 2.45) is 17.8 Å². The van der Waals surface area contributed by atoms with E-state index in [1.807, 2.05) is 0 Å². The van der Waals surface area contributed by atoms with Crippen LogP contribution in [0.25, 0.3) is 0 Å². The summed E-state index contributed by atoms with van der Waals surface area (Å²) in [7, 11) is -4.40. The third-order valence-electron chi connectivity index (χ3n) is 7.40. The molecule has 0 bridgehead atoms. The Kier molecular flexibility index (Phi) is 8.03. The summed E-state index contributed by atoms with van der Waals surface area (Å²) in [5.74, 6) is 0.147. The Morgan fingerprint density at radius 1 is 0.931 bits per heavy atom. The van der Waals surface area contributed by atoms with Gasteiger partial charge in [-0.25, -0.2) is 0 Å². The van der Waals surface area contributed by atoms with Crippen LogP contribution in [0.3, 0.4) is 0 Å². The van der Waals surface area contributed by atoms with Crippen LogP contribution in [0.4, 0.5) is 0 Å². The van der Waals surface area contributed by atoms with E-state index in [9.17, 15) is 9.59 Å². The van der Waals surface area contributed by atoms with Gasteiger partial charge < -0.3 is 14.2 Å². The van der Waals surface area contributed by atoms with Crippen molar-refractivity contribution in [1.82, 2.24) is 5.32 Å². The van der Waals surface area contributed by atoms with Crippen LogP contribution in [0.1, 0.15) is 61.8 Å². The average Bonchev–Trinajstić information content (AvgIpc) is 2.87. The molecule has 0 aromatic carbocycles. The summed E-state index contributed by atoms with van der Waals surface area (Å²) in [6.07, 6.45) is 0.264. The van der Waals surface area contributed by atoms with E-state index in [1.54, 1.807) is 0 Å². The second kappa shape index (κ2) is 8.83. The lowest BCUT2D eigenvalue weighted by Crippen LogP contribution is -2.49. The molecule has 170 valence electrons. The zero-order valence-corrected chi connectivity index (χ0v) is 22.9. The van der Waals surface area contributed by atoms with Crippen molar-refractivity contribution >= 4 is 28.6 Å². The molecule has 1 rings (SSSR count). The van der Waals surface area contributed by atoms with Crippen molar-refractivity contribution in [1.29, 1.82) is 0 Å². The van der Waals surface area contributed by atoms with Gasteiger partial charge in [-0.05, 0) is 60.6 Å². The molecule has 0 aliphatic carbocycles. The lowest BCUT2D eigenvalue weighted by atomic mass is 9.81. The van der Waals surface area contributed by atoms with E-state index in [2.05, 4.69) is 86.9 Å². The third kappa shape index (κ3) is 6.41. The largest absolute Gasteiger partial charge is 0.519 e. The van der Waals surface area contributed by atoms with Gasteiger partial charge in [0.25, 0.3) is 22.6 Å². The van der Waals surface area contributed by atoms with Crippen LogP contribution in [-0.2, 0) is 18.4 Å². The molecule has 0 aromatic heterocycles. The number of nitrogens with one attached hydrogen (secondary N) is 1. The van der Waals surface area contributed by atoms with Gasteiger partial charge >= 0.3 is 5.97 Å². The molecule has 0 saturated carbocycles. The Bertz CT molecular complexity index is 603. The predicted molar refractivity (Wildman–Crippen MR) is 125 cm³/mol. The molecule has 1 fully saturated rings. The number of carbonyl (C=O) groups is 2. The van der Waals surface area contributed by atoms with Crippen molar-refractivity contribution in [2.45, 2.75) is 104 Å². The summed E-state index contributed by atoms with van der Waals surface area (Å²) < 4.78 is 12.1. The molecular formula is C22H45NO4Si2. The average molecular weight is 444 g/mol. The minimum Gasteiger partial charge on any atom is -0.519 e. The Morgan fingerprint density at radius 3 is 1.79 bits per heavy atom. The molecule has 1 saturated heterocycles. The summed E-state index contributed by atoms with van der Waals surface area (Å²) >= 11 is 0. The smallest absolute Gasteiger partial charge is 0.310 e. The highest BCUT2D eigenvalue weighted by molar-refractivity contribution is 6.75. The van der Waals surface area contributed by atoms with Crippen LogP contribution in [0.2, 0.25) is 36.3 Å². The summed E-state index contributed by atoms with van der Waals surface area (Å²) in [6, 6.07) is -0.441. The van der Waals surface area contributed by atoms with Crippen molar-refractivity contribution in [3.05, 3.63) is 0 Å². The highest BCUT2D eigenvalue weighted by atomic mass is 28.4. The van der Waals surface area contributed by atoms with Gasteiger partial charge in [-0.3, -0.25) is 9.59 Å². The summed E-state index contributed by atoms with van der Waals surface area (Å²) in [5, 5.41) is 3.28. The van der Waals surface area contributed by atoms with E-state index < -0.39 is 22.7 Å². The fourth-order valence-corrected chi connectivity index (χ4v) is 5.11. The molecule has 0 aromatic rings. The van der Waals surface area contributed by atoms with Crippen LogP contribution in [0, 0.1) is 17.8 Å². The van der Waals surface area contributed by atoms with E-state index in [0.717, 1.165) is 6.54 Å². The van der Waals surface area contributed by atoms with E-state index in [4.69, 9.17) is 8.85 Å². The first-order valence-corrected chi connectivity index (χ1v) is 16.8. The van der Waals surface area contributed by atoms with Crippen LogP contribution >= 0.6 is 0 Å². The Morgan fingerprint density at radius 2 is 1.38 bits per heavy atom. The fraction of sp³-hybridized carbons (Fsp3) is 0.909. The van der Waals surface area contributed by atoms with Gasteiger partial charge in [-0.15, -0.1) is 0 Å². The molecule has 7 heteroatoms. The molecule has 0 spiro atoms. The van der Waals surface area contributed by atoms with E-state index in [1.165, 1.54) is 0 Å². The maximum atomic E-state index is 13.1. The molecule has 0 amide bonds. The third-order valence-corrected chi connectivity index (χ3v) is 16.1. The highest BCUT2D eigenvalue weighted by Gasteiger charge is 2.48. The molecule has 1 aliphatic heterocycles. The second-order valence-electron chi connectivity index (χ2n) is 12.1. The number of hydrogen-bond donors (Lipinski definition) is 1. The van der Waals surface area contributed by atoms with Crippen molar-refractivity contribution in [3.63, 3.8) is 0 Å². The fourth-order valence-electron chi connectivity index (χ4n) is 3.21. The van der Waals surface area contributed by atoms with E-state index in [0.29, 0.717) is 5.92 Å². The second-order valence-corrected chi connectivity index (χ2v) is 21.5. The zero-order valence-electron chi connectivity index (χ0n) is 20.9. The normalized spacial score (nSPS) is 24.0. The van der Waals surface area contributed by atoms with Gasteiger partial charge in [0, 0.05) is 6.42 Å². The predicted octanol–water partition coefficient (Wildman–Crippen LogP) is 5.33. The molecule has 1 heterocycles. The molecule has 1 N–H and O–H groups in total. The van der Waals surface area contributed by atoms with Gasteiger partial charge in [0.1, 0.15) is 6.04 Å². The highest BCUT2D eigenvalue weighted by Crippen LogP contribution is 2.40. The topological polar surface area (TPSA) is 64.6 Å². The van der Waals surface area contributed by atoms with Crippen molar-refractivity contribution in [2.75, 3.05) is 6.54 Å². The zero-order chi connectivity index (χ0) is 23.0. The quantitative estimate of drug-likeness (QED) is 0.562. The maximum absolute atomic E-state index is 13.1. The molecule has 1 aliphatic rings. The van der Waals surface area contributed by atoms with Crippen LogP contribution < -0.4 is 5.32 Å². The van der Waals surface area contributed by atoms with E-state index in [-0.39, 0.29) is 40.3 Å². The van der Waals surface area contributed by atoms with Crippen LogP contribution in [0.15, 0.2) is 0 Å². The Labute approximate surface area is 181 Å². The van der Waals surface area contributed by atoms with Crippen molar-refractivity contribution in [3.8, 4) is 0 Å².